The molecule has 2 aromatic heterocycles. The number of rotatable bonds is 2. The van der Waals surface area contributed by atoms with E-state index in [1.165, 1.54) is 28.7 Å². The molecule has 1 aliphatic heterocycles. The Morgan fingerprint density at radius 1 is 1.39 bits per heavy atom. The molecule has 1 aliphatic rings. The highest BCUT2D eigenvalue weighted by Crippen LogP contribution is 2.32. The van der Waals surface area contributed by atoms with Gasteiger partial charge in [-0.15, -0.1) is 11.3 Å². The normalized spacial score (nSPS) is 20.2. The predicted octanol–water partition coefficient (Wildman–Crippen LogP) is 2.47. The minimum absolute atomic E-state index is 0.483. The molecule has 0 saturated carbocycles. The molecule has 0 aliphatic carbocycles. The fraction of sp³-hybridized carbons (Fsp3) is 0.538. The summed E-state index contributed by atoms with van der Waals surface area (Å²) in [5.41, 5.74) is 1.31. The standard InChI is InChI=1S/C13H18N4S/c1-8-9(2)18-13-11(8)12(15-7-16-13)17-10-4-3-5-14-6-10/h7,10,14H,3-6H2,1-2H3,(H,15,16,17). The molecule has 1 fully saturated rings. The minimum atomic E-state index is 0.483. The molecule has 2 N–H and O–H groups in total. The summed E-state index contributed by atoms with van der Waals surface area (Å²) in [6.07, 6.45) is 4.10. The van der Waals surface area contributed by atoms with Crippen LogP contribution in [0.15, 0.2) is 6.33 Å². The van der Waals surface area contributed by atoms with Gasteiger partial charge in [-0.3, -0.25) is 0 Å². The van der Waals surface area contributed by atoms with E-state index in [1.54, 1.807) is 17.7 Å². The first-order valence-electron chi connectivity index (χ1n) is 6.43. The van der Waals surface area contributed by atoms with Gasteiger partial charge in [-0.2, -0.15) is 0 Å². The molecule has 0 spiro atoms. The van der Waals surface area contributed by atoms with Crippen molar-refractivity contribution in [3.05, 3.63) is 16.8 Å². The maximum Gasteiger partial charge on any atom is 0.138 e. The molecule has 0 radical (unpaired) electrons. The zero-order valence-corrected chi connectivity index (χ0v) is 11.6. The molecular formula is C13H18N4S. The van der Waals surface area contributed by atoms with Gasteiger partial charge in [0.15, 0.2) is 0 Å². The molecule has 3 heterocycles. The number of hydrogen-bond donors (Lipinski definition) is 2. The Bertz CT molecular complexity index is 557. The Labute approximate surface area is 111 Å². The summed E-state index contributed by atoms with van der Waals surface area (Å²) in [6.45, 7) is 6.46. The molecule has 96 valence electrons. The van der Waals surface area contributed by atoms with Gasteiger partial charge >= 0.3 is 0 Å². The van der Waals surface area contributed by atoms with E-state index in [9.17, 15) is 0 Å². The lowest BCUT2D eigenvalue weighted by Crippen LogP contribution is -2.38. The third kappa shape index (κ3) is 2.08. The van der Waals surface area contributed by atoms with Crippen molar-refractivity contribution in [1.29, 1.82) is 0 Å². The monoisotopic (exact) mass is 262 g/mol. The average molecular weight is 262 g/mol. The van der Waals surface area contributed by atoms with Crippen molar-refractivity contribution in [2.75, 3.05) is 18.4 Å². The van der Waals surface area contributed by atoms with Gasteiger partial charge in [-0.05, 0) is 38.8 Å². The van der Waals surface area contributed by atoms with E-state index in [0.717, 1.165) is 23.7 Å². The Hall–Kier alpha value is -1.20. The maximum atomic E-state index is 4.43. The average Bonchev–Trinajstić information content (AvgIpc) is 2.67. The van der Waals surface area contributed by atoms with Gasteiger partial charge in [0.2, 0.25) is 0 Å². The maximum absolute atomic E-state index is 4.43. The van der Waals surface area contributed by atoms with Crippen LogP contribution in [-0.2, 0) is 0 Å². The van der Waals surface area contributed by atoms with Crippen LogP contribution >= 0.6 is 11.3 Å². The molecule has 5 heteroatoms. The highest BCUT2D eigenvalue weighted by molar-refractivity contribution is 7.18. The minimum Gasteiger partial charge on any atom is -0.365 e. The number of hydrogen-bond acceptors (Lipinski definition) is 5. The zero-order chi connectivity index (χ0) is 12.5. The second-order valence-electron chi connectivity index (χ2n) is 4.87. The molecule has 0 amide bonds. The van der Waals surface area contributed by atoms with Gasteiger partial charge in [0.05, 0.1) is 5.39 Å². The highest BCUT2D eigenvalue weighted by Gasteiger charge is 2.17. The largest absolute Gasteiger partial charge is 0.365 e. The second-order valence-corrected chi connectivity index (χ2v) is 6.08. The van der Waals surface area contributed by atoms with Crippen molar-refractivity contribution in [3.63, 3.8) is 0 Å². The number of anilines is 1. The van der Waals surface area contributed by atoms with Crippen LogP contribution in [0.4, 0.5) is 5.82 Å². The van der Waals surface area contributed by atoms with Gasteiger partial charge in [0.1, 0.15) is 17.0 Å². The number of aryl methyl sites for hydroxylation is 2. The molecule has 3 rings (SSSR count). The van der Waals surface area contributed by atoms with Crippen molar-refractivity contribution in [1.82, 2.24) is 15.3 Å². The molecule has 1 saturated heterocycles. The molecule has 18 heavy (non-hydrogen) atoms. The Morgan fingerprint density at radius 2 is 2.28 bits per heavy atom. The topological polar surface area (TPSA) is 49.8 Å². The van der Waals surface area contributed by atoms with Crippen LogP contribution < -0.4 is 10.6 Å². The summed E-state index contributed by atoms with van der Waals surface area (Å²) in [4.78, 5) is 11.2. The fourth-order valence-corrected chi connectivity index (χ4v) is 3.46. The highest BCUT2D eigenvalue weighted by atomic mass is 32.1. The van der Waals surface area contributed by atoms with Crippen molar-refractivity contribution in [3.8, 4) is 0 Å². The van der Waals surface area contributed by atoms with E-state index >= 15 is 0 Å². The first-order chi connectivity index (χ1) is 8.75. The number of fused-ring (bicyclic) bond motifs is 1. The Morgan fingerprint density at radius 3 is 3.06 bits per heavy atom. The Balaban J connectivity index is 1.95. The molecular weight excluding hydrogens is 244 g/mol. The molecule has 4 nitrogen and oxygen atoms in total. The third-order valence-electron chi connectivity index (χ3n) is 3.60. The summed E-state index contributed by atoms with van der Waals surface area (Å²) in [5, 5.41) is 8.19. The number of aromatic nitrogens is 2. The summed E-state index contributed by atoms with van der Waals surface area (Å²) in [7, 11) is 0. The molecule has 0 aromatic carbocycles. The zero-order valence-electron chi connectivity index (χ0n) is 10.8. The number of thiophene rings is 1. The van der Waals surface area contributed by atoms with E-state index in [-0.39, 0.29) is 0 Å². The van der Waals surface area contributed by atoms with Crippen molar-refractivity contribution >= 4 is 27.4 Å². The number of nitrogens with zero attached hydrogens (tertiary/aromatic N) is 2. The van der Waals surface area contributed by atoms with Crippen molar-refractivity contribution in [2.45, 2.75) is 32.7 Å². The lowest BCUT2D eigenvalue weighted by molar-refractivity contribution is 0.479. The van der Waals surface area contributed by atoms with Crippen LogP contribution in [-0.4, -0.2) is 29.1 Å². The summed E-state index contributed by atoms with van der Waals surface area (Å²) in [5.74, 6) is 0.996. The Kier molecular flexibility index (Phi) is 3.18. The fourth-order valence-electron chi connectivity index (χ4n) is 2.46. The van der Waals surface area contributed by atoms with Crippen LogP contribution in [0, 0.1) is 13.8 Å². The van der Waals surface area contributed by atoms with E-state index in [1.807, 2.05) is 0 Å². The predicted molar refractivity (Wildman–Crippen MR) is 76.4 cm³/mol. The van der Waals surface area contributed by atoms with E-state index in [0.29, 0.717) is 6.04 Å². The summed E-state index contributed by atoms with van der Waals surface area (Å²) >= 11 is 1.75. The van der Waals surface area contributed by atoms with Gasteiger partial charge < -0.3 is 10.6 Å². The van der Waals surface area contributed by atoms with Crippen LogP contribution in [0.2, 0.25) is 0 Å². The van der Waals surface area contributed by atoms with Gasteiger partial charge in [0, 0.05) is 17.5 Å². The first kappa shape index (κ1) is 11.9. The molecule has 1 atom stereocenters. The van der Waals surface area contributed by atoms with Crippen molar-refractivity contribution in [2.24, 2.45) is 0 Å². The summed E-state index contributed by atoms with van der Waals surface area (Å²) in [6, 6.07) is 0.483. The third-order valence-corrected chi connectivity index (χ3v) is 4.72. The number of piperidine rings is 1. The molecule has 0 bridgehead atoms. The van der Waals surface area contributed by atoms with Crippen LogP contribution in [0.3, 0.4) is 0 Å². The van der Waals surface area contributed by atoms with E-state index in [2.05, 4.69) is 34.4 Å². The van der Waals surface area contributed by atoms with Gasteiger partial charge in [-0.25, -0.2) is 9.97 Å². The van der Waals surface area contributed by atoms with Crippen LogP contribution in [0.5, 0.6) is 0 Å². The smallest absolute Gasteiger partial charge is 0.138 e. The SMILES string of the molecule is Cc1sc2ncnc(NC3CCCNC3)c2c1C. The van der Waals surface area contributed by atoms with Gasteiger partial charge in [0.25, 0.3) is 0 Å². The molecule has 1 unspecified atom stereocenters. The lowest BCUT2D eigenvalue weighted by atomic mass is 10.1. The first-order valence-corrected chi connectivity index (χ1v) is 7.25. The lowest BCUT2D eigenvalue weighted by Gasteiger charge is -2.24. The second kappa shape index (κ2) is 4.82. The van der Waals surface area contributed by atoms with E-state index in [4.69, 9.17) is 0 Å². The van der Waals surface area contributed by atoms with Crippen LogP contribution in [0.25, 0.3) is 10.2 Å². The van der Waals surface area contributed by atoms with Crippen LogP contribution in [0.1, 0.15) is 23.3 Å². The van der Waals surface area contributed by atoms with Gasteiger partial charge in [-0.1, -0.05) is 0 Å². The molecule has 2 aromatic rings. The quantitative estimate of drug-likeness (QED) is 0.873. The van der Waals surface area contributed by atoms with E-state index < -0.39 is 0 Å². The summed E-state index contributed by atoms with van der Waals surface area (Å²) < 4.78 is 0. The van der Waals surface area contributed by atoms with Crippen molar-refractivity contribution < 1.29 is 0 Å². The number of nitrogens with one attached hydrogen (secondary N) is 2.